The number of nitrogens with zero attached hydrogens (tertiary/aromatic N) is 1. The molecule has 0 spiro atoms. The molecule has 7 nitrogen and oxygen atoms in total. The van der Waals surface area contributed by atoms with Gasteiger partial charge in [0.2, 0.25) is 15.9 Å². The van der Waals surface area contributed by atoms with Crippen molar-refractivity contribution in [1.82, 2.24) is 14.9 Å². The Morgan fingerprint density at radius 1 is 1.37 bits per heavy atom. The van der Waals surface area contributed by atoms with Crippen LogP contribution in [0.15, 0.2) is 29.2 Å². The fourth-order valence-corrected chi connectivity index (χ4v) is 2.23. The van der Waals surface area contributed by atoms with E-state index in [1.165, 1.54) is 25.2 Å². The number of rotatable bonds is 4. The van der Waals surface area contributed by atoms with Crippen molar-refractivity contribution < 1.29 is 13.2 Å². The number of hydrogen-bond acceptors (Lipinski definition) is 5. The quantitative estimate of drug-likeness (QED) is 0.725. The van der Waals surface area contributed by atoms with Crippen molar-refractivity contribution in [2.24, 2.45) is 0 Å². The lowest BCUT2D eigenvalue weighted by atomic mass is 10.3. The van der Waals surface area contributed by atoms with Gasteiger partial charge in [-0.2, -0.15) is 0 Å². The highest BCUT2D eigenvalue weighted by molar-refractivity contribution is 7.89. The standard InChI is InChI=1S/C11H14N4O3S/c1-7-5-11(15-14-7)18-10-4-3-8(6-9(10)12)19(16,17)13-2/h3-6,13H,12H2,1-2H3,(H,14,15). The molecule has 8 heteroatoms. The van der Waals surface area contributed by atoms with Crippen molar-refractivity contribution >= 4 is 15.7 Å². The van der Waals surface area contributed by atoms with Crippen LogP contribution >= 0.6 is 0 Å². The Balaban J connectivity index is 2.30. The van der Waals surface area contributed by atoms with Crippen LogP contribution in [0.3, 0.4) is 0 Å². The minimum absolute atomic E-state index is 0.0815. The zero-order valence-electron chi connectivity index (χ0n) is 10.5. The molecular formula is C11H14N4O3S. The van der Waals surface area contributed by atoms with E-state index in [-0.39, 0.29) is 10.6 Å². The summed E-state index contributed by atoms with van der Waals surface area (Å²) in [7, 11) is -2.18. The highest BCUT2D eigenvalue weighted by atomic mass is 32.2. The number of nitrogen functional groups attached to an aromatic ring is 1. The van der Waals surface area contributed by atoms with Gasteiger partial charge in [0.1, 0.15) is 0 Å². The van der Waals surface area contributed by atoms with E-state index in [4.69, 9.17) is 10.5 Å². The molecule has 0 radical (unpaired) electrons. The lowest BCUT2D eigenvalue weighted by Crippen LogP contribution is -2.18. The number of aryl methyl sites for hydroxylation is 1. The number of hydrogen-bond donors (Lipinski definition) is 3. The maximum Gasteiger partial charge on any atom is 0.240 e. The molecular weight excluding hydrogens is 268 g/mol. The predicted molar refractivity (Wildman–Crippen MR) is 70.5 cm³/mol. The van der Waals surface area contributed by atoms with Crippen LogP contribution in [0.5, 0.6) is 11.6 Å². The van der Waals surface area contributed by atoms with E-state index in [2.05, 4.69) is 14.9 Å². The summed E-state index contributed by atoms with van der Waals surface area (Å²) in [5.41, 5.74) is 6.84. The molecule has 0 saturated heterocycles. The minimum atomic E-state index is -3.51. The molecule has 0 amide bonds. The first-order valence-electron chi connectivity index (χ1n) is 5.45. The van der Waals surface area contributed by atoms with E-state index in [1.807, 2.05) is 6.92 Å². The monoisotopic (exact) mass is 282 g/mol. The molecule has 0 fully saturated rings. The van der Waals surface area contributed by atoms with Crippen molar-refractivity contribution in [2.75, 3.05) is 12.8 Å². The minimum Gasteiger partial charge on any atom is -0.435 e. The van der Waals surface area contributed by atoms with Crippen molar-refractivity contribution in [3.8, 4) is 11.6 Å². The predicted octanol–water partition coefficient (Wildman–Crippen LogP) is 1.00. The topological polar surface area (TPSA) is 110 Å². The Morgan fingerprint density at radius 3 is 2.63 bits per heavy atom. The molecule has 1 aromatic heterocycles. The summed E-state index contributed by atoms with van der Waals surface area (Å²) in [4.78, 5) is 0.0815. The first kappa shape index (κ1) is 13.4. The Kier molecular flexibility index (Phi) is 3.45. The summed E-state index contributed by atoms with van der Waals surface area (Å²) in [6.07, 6.45) is 0. The third kappa shape index (κ3) is 2.85. The Labute approximate surface area is 110 Å². The third-order valence-corrected chi connectivity index (χ3v) is 3.87. The zero-order chi connectivity index (χ0) is 14.0. The van der Waals surface area contributed by atoms with E-state index in [0.717, 1.165) is 5.69 Å². The second kappa shape index (κ2) is 4.90. The fourth-order valence-electron chi connectivity index (χ4n) is 1.46. The van der Waals surface area contributed by atoms with Gasteiger partial charge in [0.05, 0.1) is 10.6 Å². The van der Waals surface area contributed by atoms with Gasteiger partial charge in [0, 0.05) is 11.8 Å². The molecule has 4 N–H and O–H groups in total. The van der Waals surface area contributed by atoms with Crippen molar-refractivity contribution in [1.29, 1.82) is 0 Å². The summed E-state index contributed by atoms with van der Waals surface area (Å²) >= 11 is 0. The van der Waals surface area contributed by atoms with Gasteiger partial charge in [-0.25, -0.2) is 13.1 Å². The van der Waals surface area contributed by atoms with Crippen LogP contribution in [-0.4, -0.2) is 25.7 Å². The molecule has 102 valence electrons. The summed E-state index contributed by atoms with van der Waals surface area (Å²) in [6.45, 7) is 1.84. The average Bonchev–Trinajstić information content (AvgIpc) is 2.77. The van der Waals surface area contributed by atoms with Crippen molar-refractivity contribution in [3.05, 3.63) is 30.0 Å². The number of anilines is 1. The maximum atomic E-state index is 11.6. The van der Waals surface area contributed by atoms with E-state index < -0.39 is 10.0 Å². The number of aromatic nitrogens is 2. The van der Waals surface area contributed by atoms with Gasteiger partial charge < -0.3 is 10.5 Å². The molecule has 0 saturated carbocycles. The molecule has 2 rings (SSSR count). The van der Waals surface area contributed by atoms with Gasteiger partial charge in [0.15, 0.2) is 5.75 Å². The number of aromatic amines is 1. The fraction of sp³-hybridized carbons (Fsp3) is 0.182. The normalized spacial score (nSPS) is 11.5. The second-order valence-corrected chi connectivity index (χ2v) is 5.78. The third-order valence-electron chi connectivity index (χ3n) is 2.46. The summed E-state index contributed by atoms with van der Waals surface area (Å²) < 4.78 is 30.9. The van der Waals surface area contributed by atoms with Crippen molar-refractivity contribution in [2.45, 2.75) is 11.8 Å². The molecule has 0 aliphatic heterocycles. The Bertz CT molecular complexity index is 694. The first-order valence-corrected chi connectivity index (χ1v) is 6.93. The highest BCUT2D eigenvalue weighted by Crippen LogP contribution is 2.28. The number of nitrogens with one attached hydrogen (secondary N) is 2. The van der Waals surface area contributed by atoms with Gasteiger partial charge in [-0.05, 0) is 32.2 Å². The van der Waals surface area contributed by atoms with E-state index in [9.17, 15) is 8.42 Å². The largest absolute Gasteiger partial charge is 0.435 e. The van der Waals surface area contributed by atoms with Gasteiger partial charge in [0.25, 0.3) is 0 Å². The summed E-state index contributed by atoms with van der Waals surface area (Å²) in [5.74, 6) is 0.718. The van der Waals surface area contributed by atoms with Crippen LogP contribution in [0, 0.1) is 6.92 Å². The van der Waals surface area contributed by atoms with E-state index in [0.29, 0.717) is 11.6 Å². The molecule has 0 atom stereocenters. The SMILES string of the molecule is CNS(=O)(=O)c1ccc(Oc2cc(C)[nH]n2)c(N)c1. The zero-order valence-corrected chi connectivity index (χ0v) is 11.3. The van der Waals surface area contributed by atoms with Crippen LogP contribution < -0.4 is 15.2 Å². The molecule has 1 heterocycles. The van der Waals surface area contributed by atoms with Gasteiger partial charge in [-0.1, -0.05) is 0 Å². The van der Waals surface area contributed by atoms with Gasteiger partial charge in [-0.15, -0.1) is 5.10 Å². The number of H-pyrrole nitrogens is 1. The lowest BCUT2D eigenvalue weighted by Gasteiger charge is -2.08. The van der Waals surface area contributed by atoms with E-state index >= 15 is 0 Å². The van der Waals surface area contributed by atoms with Crippen LogP contribution in [-0.2, 0) is 10.0 Å². The highest BCUT2D eigenvalue weighted by Gasteiger charge is 2.14. The number of ether oxygens (including phenoxy) is 1. The summed E-state index contributed by atoms with van der Waals surface area (Å²) in [6, 6.07) is 5.94. The van der Waals surface area contributed by atoms with Gasteiger partial charge in [-0.3, -0.25) is 5.10 Å². The molecule has 0 aliphatic carbocycles. The molecule has 1 aromatic carbocycles. The van der Waals surface area contributed by atoms with E-state index in [1.54, 1.807) is 6.07 Å². The van der Waals surface area contributed by atoms with Crippen LogP contribution in [0.1, 0.15) is 5.69 Å². The number of benzene rings is 1. The average molecular weight is 282 g/mol. The maximum absolute atomic E-state index is 11.6. The number of nitrogens with two attached hydrogens (primary N) is 1. The molecule has 0 aliphatic rings. The van der Waals surface area contributed by atoms with Gasteiger partial charge >= 0.3 is 0 Å². The molecule has 0 bridgehead atoms. The molecule has 0 unspecified atom stereocenters. The Hall–Kier alpha value is -2.06. The second-order valence-electron chi connectivity index (χ2n) is 3.90. The van der Waals surface area contributed by atoms with Crippen LogP contribution in [0.4, 0.5) is 5.69 Å². The molecule has 2 aromatic rings. The van der Waals surface area contributed by atoms with Crippen molar-refractivity contribution in [3.63, 3.8) is 0 Å². The molecule has 19 heavy (non-hydrogen) atoms. The van der Waals surface area contributed by atoms with Crippen LogP contribution in [0.25, 0.3) is 0 Å². The smallest absolute Gasteiger partial charge is 0.240 e. The lowest BCUT2D eigenvalue weighted by molar-refractivity contribution is 0.463. The number of sulfonamides is 1. The summed E-state index contributed by atoms with van der Waals surface area (Å²) in [5, 5.41) is 6.64. The van der Waals surface area contributed by atoms with Crippen LogP contribution in [0.2, 0.25) is 0 Å². The Morgan fingerprint density at radius 2 is 2.11 bits per heavy atom. The first-order chi connectivity index (χ1) is 8.92.